The van der Waals surface area contributed by atoms with E-state index >= 15 is 0 Å². The van der Waals surface area contributed by atoms with Crippen LogP contribution in [-0.4, -0.2) is 36.2 Å². The van der Waals surface area contributed by atoms with Crippen molar-refractivity contribution in [3.63, 3.8) is 0 Å². The Bertz CT molecular complexity index is 147. The molecule has 1 aromatic carbocycles. The smallest absolute Gasteiger partial charge is 0.413 e. The molecule has 4 heteroatoms. The first-order valence-corrected chi connectivity index (χ1v) is 3.67. The molecule has 3 nitrogen and oxygen atoms in total. The van der Waals surface area contributed by atoms with Crippen LogP contribution in [0.25, 0.3) is 0 Å². The largest absolute Gasteiger partial charge is 0.551 e. The molecule has 2 N–H and O–H groups in total. The predicted octanol–water partition coefficient (Wildman–Crippen LogP) is 0.204. The first-order valence-electron chi connectivity index (χ1n) is 3.67. The van der Waals surface area contributed by atoms with Crippen molar-refractivity contribution < 1.29 is 10.0 Å². The lowest BCUT2D eigenvalue weighted by Crippen LogP contribution is -2.32. The van der Waals surface area contributed by atoms with E-state index in [9.17, 15) is 0 Å². The standard InChI is InChI=1S/C6H6.C2H8BNO2/c1-2-4-6-5-3-1;1-4(2)3(5)6/h1-6H;5-6H,1-2H3. The molecule has 0 saturated carbocycles. The lowest BCUT2D eigenvalue weighted by atomic mass is 10.1. The summed E-state index contributed by atoms with van der Waals surface area (Å²) in [6.07, 6.45) is 0. The molecule has 0 aliphatic heterocycles. The van der Waals surface area contributed by atoms with Crippen molar-refractivity contribution in [3.05, 3.63) is 36.4 Å². The van der Waals surface area contributed by atoms with Gasteiger partial charge in [-0.1, -0.05) is 36.4 Å². The van der Waals surface area contributed by atoms with Gasteiger partial charge < -0.3 is 10.0 Å². The van der Waals surface area contributed by atoms with Crippen molar-refractivity contribution in [2.75, 3.05) is 14.1 Å². The van der Waals surface area contributed by atoms with E-state index in [0.29, 0.717) is 0 Å². The van der Waals surface area contributed by atoms with Gasteiger partial charge in [-0.25, -0.2) is 0 Å². The fraction of sp³-hybridized carbons (Fsp3) is 0.250. The quantitative estimate of drug-likeness (QED) is 0.587. The van der Waals surface area contributed by atoms with E-state index < -0.39 is 7.25 Å². The van der Waals surface area contributed by atoms with E-state index in [1.165, 1.54) is 4.81 Å². The molecule has 66 valence electrons. The second-order valence-electron chi connectivity index (χ2n) is 2.46. The zero-order chi connectivity index (χ0) is 9.40. The van der Waals surface area contributed by atoms with Gasteiger partial charge in [-0.15, -0.1) is 0 Å². The minimum Gasteiger partial charge on any atom is -0.413 e. The van der Waals surface area contributed by atoms with Gasteiger partial charge in [0.05, 0.1) is 0 Å². The number of rotatable bonds is 1. The van der Waals surface area contributed by atoms with Crippen LogP contribution in [0.4, 0.5) is 0 Å². The van der Waals surface area contributed by atoms with Gasteiger partial charge in [0.15, 0.2) is 0 Å². The summed E-state index contributed by atoms with van der Waals surface area (Å²) in [5, 5.41) is 16.2. The zero-order valence-corrected chi connectivity index (χ0v) is 7.38. The highest BCUT2D eigenvalue weighted by Crippen LogP contribution is 1.79. The van der Waals surface area contributed by atoms with Crippen molar-refractivity contribution in [2.24, 2.45) is 0 Å². The molecule has 0 heterocycles. The Morgan fingerprint density at radius 1 is 0.833 bits per heavy atom. The van der Waals surface area contributed by atoms with Gasteiger partial charge in [-0.05, 0) is 14.1 Å². The number of hydrogen-bond donors (Lipinski definition) is 2. The maximum Gasteiger partial charge on any atom is 0.551 e. The minimum atomic E-state index is -1.31. The fourth-order valence-corrected chi connectivity index (χ4v) is 0.385. The summed E-state index contributed by atoms with van der Waals surface area (Å²) in [6.45, 7) is 0. The maximum absolute atomic E-state index is 8.11. The summed E-state index contributed by atoms with van der Waals surface area (Å²) in [7, 11) is 1.83. The van der Waals surface area contributed by atoms with Crippen molar-refractivity contribution in [1.29, 1.82) is 0 Å². The Morgan fingerprint density at radius 3 is 1.08 bits per heavy atom. The molecule has 0 aliphatic rings. The van der Waals surface area contributed by atoms with Gasteiger partial charge in [-0.2, -0.15) is 0 Å². The highest BCUT2D eigenvalue weighted by Gasteiger charge is 2.07. The molecule has 0 spiro atoms. The molecular formula is C8H14BNO2. The normalized spacial score (nSPS) is 8.75. The van der Waals surface area contributed by atoms with Crippen molar-refractivity contribution in [2.45, 2.75) is 0 Å². The topological polar surface area (TPSA) is 43.7 Å². The fourth-order valence-electron chi connectivity index (χ4n) is 0.385. The second kappa shape index (κ2) is 6.85. The highest BCUT2D eigenvalue weighted by atomic mass is 16.4. The SMILES string of the molecule is CN(C)B(O)O.c1ccccc1. The van der Waals surface area contributed by atoms with E-state index in [1.54, 1.807) is 14.1 Å². The molecule has 1 rings (SSSR count). The Morgan fingerprint density at radius 2 is 1.00 bits per heavy atom. The predicted molar refractivity (Wildman–Crippen MR) is 50.3 cm³/mol. The molecule has 0 amide bonds. The summed E-state index contributed by atoms with van der Waals surface area (Å²) in [5.74, 6) is 0. The van der Waals surface area contributed by atoms with Crippen LogP contribution in [0.2, 0.25) is 0 Å². The third-order valence-corrected chi connectivity index (χ3v) is 1.13. The molecule has 0 aromatic heterocycles. The number of nitrogens with zero attached hydrogens (tertiary/aromatic N) is 1. The molecular weight excluding hydrogens is 153 g/mol. The lowest BCUT2D eigenvalue weighted by Gasteiger charge is -2.03. The minimum absolute atomic E-state index is 1.28. The molecule has 0 saturated heterocycles. The monoisotopic (exact) mass is 167 g/mol. The molecule has 0 unspecified atom stereocenters. The van der Waals surface area contributed by atoms with Crippen molar-refractivity contribution in [3.8, 4) is 0 Å². The number of benzene rings is 1. The third-order valence-electron chi connectivity index (χ3n) is 1.13. The van der Waals surface area contributed by atoms with E-state index in [0.717, 1.165) is 0 Å². The average Bonchev–Trinajstić information content (AvgIpc) is 2.08. The van der Waals surface area contributed by atoms with Crippen LogP contribution in [-0.2, 0) is 0 Å². The maximum atomic E-state index is 8.11. The van der Waals surface area contributed by atoms with E-state index in [1.807, 2.05) is 36.4 Å². The third kappa shape index (κ3) is 7.27. The molecule has 0 fully saturated rings. The summed E-state index contributed by atoms with van der Waals surface area (Å²) in [6, 6.07) is 12.0. The van der Waals surface area contributed by atoms with Crippen LogP contribution < -0.4 is 0 Å². The molecule has 1 aromatic rings. The first kappa shape index (κ1) is 11.2. The second-order valence-corrected chi connectivity index (χ2v) is 2.46. The van der Waals surface area contributed by atoms with Gasteiger partial charge in [0, 0.05) is 0 Å². The van der Waals surface area contributed by atoms with Crippen LogP contribution in [0.5, 0.6) is 0 Å². The Hall–Kier alpha value is -0.835. The first-order chi connectivity index (χ1) is 5.64. The Labute approximate surface area is 73.4 Å². The van der Waals surface area contributed by atoms with Crippen molar-refractivity contribution >= 4 is 7.25 Å². The molecule has 12 heavy (non-hydrogen) atoms. The summed E-state index contributed by atoms with van der Waals surface area (Å²) >= 11 is 0. The van der Waals surface area contributed by atoms with Gasteiger partial charge in [0.2, 0.25) is 0 Å². The van der Waals surface area contributed by atoms with E-state index in [-0.39, 0.29) is 0 Å². The summed E-state index contributed by atoms with van der Waals surface area (Å²) < 4.78 is 0. The Kier molecular flexibility index (Phi) is 6.37. The highest BCUT2D eigenvalue weighted by molar-refractivity contribution is 6.37. The van der Waals surface area contributed by atoms with Crippen LogP contribution in [0.1, 0.15) is 0 Å². The zero-order valence-electron chi connectivity index (χ0n) is 7.38. The summed E-state index contributed by atoms with van der Waals surface area (Å²) in [5.41, 5.74) is 0. The van der Waals surface area contributed by atoms with Crippen molar-refractivity contribution in [1.82, 2.24) is 4.81 Å². The van der Waals surface area contributed by atoms with Gasteiger partial charge in [0.1, 0.15) is 0 Å². The average molecular weight is 167 g/mol. The lowest BCUT2D eigenvalue weighted by molar-refractivity contribution is 0.324. The van der Waals surface area contributed by atoms with Gasteiger partial charge >= 0.3 is 7.25 Å². The van der Waals surface area contributed by atoms with E-state index in [4.69, 9.17) is 10.0 Å². The van der Waals surface area contributed by atoms with Crippen LogP contribution in [0.3, 0.4) is 0 Å². The van der Waals surface area contributed by atoms with Crippen LogP contribution in [0, 0.1) is 0 Å². The van der Waals surface area contributed by atoms with Gasteiger partial charge in [-0.3, -0.25) is 4.81 Å². The van der Waals surface area contributed by atoms with Crippen LogP contribution in [0.15, 0.2) is 36.4 Å². The van der Waals surface area contributed by atoms with Crippen LogP contribution >= 0.6 is 0 Å². The van der Waals surface area contributed by atoms with Gasteiger partial charge in [0.25, 0.3) is 0 Å². The Balaban J connectivity index is 0.000000202. The number of hydrogen-bond acceptors (Lipinski definition) is 3. The molecule has 0 atom stereocenters. The summed E-state index contributed by atoms with van der Waals surface area (Å²) in [4.78, 5) is 1.28. The van der Waals surface area contributed by atoms with E-state index in [2.05, 4.69) is 0 Å². The molecule has 0 bridgehead atoms. The molecule has 0 aliphatic carbocycles. The molecule has 0 radical (unpaired) electrons.